The molecule has 1 aromatic rings. The summed E-state index contributed by atoms with van der Waals surface area (Å²) in [6.45, 7) is 0.777. The molecule has 1 saturated heterocycles. The molecule has 0 aromatic heterocycles. The summed E-state index contributed by atoms with van der Waals surface area (Å²) >= 11 is 9.23. The van der Waals surface area contributed by atoms with Gasteiger partial charge in [0.15, 0.2) is 5.75 Å². The molecule has 2 N–H and O–H groups in total. The lowest BCUT2D eigenvalue weighted by Crippen LogP contribution is -2.45. The summed E-state index contributed by atoms with van der Waals surface area (Å²) in [4.78, 5) is 0.0634. The maximum absolute atomic E-state index is 12.7. The smallest absolute Gasteiger partial charge is 0.246 e. The zero-order valence-electron chi connectivity index (χ0n) is 11.4. The first kappa shape index (κ1) is 19.0. The predicted octanol–water partition coefficient (Wildman–Crippen LogP) is 2.64. The number of hydrogen-bond acceptors (Lipinski definition) is 4. The van der Waals surface area contributed by atoms with Gasteiger partial charge in [0.05, 0.1) is 11.6 Å². The van der Waals surface area contributed by atoms with Gasteiger partial charge in [0.2, 0.25) is 10.0 Å². The van der Waals surface area contributed by atoms with Crippen molar-refractivity contribution in [2.75, 3.05) is 20.2 Å². The van der Waals surface area contributed by atoms with E-state index in [2.05, 4.69) is 15.9 Å². The summed E-state index contributed by atoms with van der Waals surface area (Å²) in [7, 11) is -2.24. The predicted molar refractivity (Wildman–Crippen MR) is 88.9 cm³/mol. The van der Waals surface area contributed by atoms with Gasteiger partial charge in [0.25, 0.3) is 0 Å². The van der Waals surface area contributed by atoms with Gasteiger partial charge in [0.1, 0.15) is 4.90 Å². The third-order valence-electron chi connectivity index (χ3n) is 3.22. The molecule has 0 bridgehead atoms. The number of benzene rings is 1. The summed E-state index contributed by atoms with van der Waals surface area (Å²) in [5.41, 5.74) is 5.86. The second kappa shape index (κ2) is 7.48. The van der Waals surface area contributed by atoms with E-state index in [1.807, 2.05) is 0 Å². The monoisotopic (exact) mass is 418 g/mol. The van der Waals surface area contributed by atoms with Gasteiger partial charge in [-0.3, -0.25) is 0 Å². The first-order chi connectivity index (χ1) is 9.36. The molecule has 1 aliphatic rings. The van der Waals surface area contributed by atoms with Crippen LogP contribution in [0.5, 0.6) is 5.75 Å². The van der Waals surface area contributed by atoms with Crippen molar-refractivity contribution in [2.24, 2.45) is 5.73 Å². The van der Waals surface area contributed by atoms with Crippen molar-refractivity contribution in [3.63, 3.8) is 0 Å². The summed E-state index contributed by atoms with van der Waals surface area (Å²) in [6.07, 6.45) is 1.59. The molecule has 0 unspecified atom stereocenters. The van der Waals surface area contributed by atoms with Crippen molar-refractivity contribution in [1.29, 1.82) is 0 Å². The molecule has 1 atom stereocenters. The Balaban J connectivity index is 0.00000220. The first-order valence-electron chi connectivity index (χ1n) is 6.15. The van der Waals surface area contributed by atoms with Crippen LogP contribution in [-0.4, -0.2) is 39.0 Å². The van der Waals surface area contributed by atoms with Crippen LogP contribution in [0.25, 0.3) is 0 Å². The topological polar surface area (TPSA) is 72.6 Å². The normalized spacial score (nSPS) is 19.9. The first-order valence-corrected chi connectivity index (χ1v) is 8.76. The van der Waals surface area contributed by atoms with Crippen LogP contribution in [0, 0.1) is 0 Å². The van der Waals surface area contributed by atoms with Crippen molar-refractivity contribution < 1.29 is 13.2 Å². The third-order valence-corrected chi connectivity index (χ3v) is 5.89. The number of hydrogen-bond donors (Lipinski definition) is 1. The lowest BCUT2D eigenvalue weighted by Gasteiger charge is -2.30. The quantitative estimate of drug-likeness (QED) is 0.817. The van der Waals surface area contributed by atoms with Gasteiger partial charge >= 0.3 is 0 Å². The van der Waals surface area contributed by atoms with Gasteiger partial charge < -0.3 is 10.5 Å². The largest absolute Gasteiger partial charge is 0.494 e. The number of nitrogens with two attached hydrogens (primary N) is 1. The minimum atomic E-state index is -3.67. The molecule has 0 amide bonds. The fraction of sp³-hybridized carbons (Fsp3) is 0.500. The van der Waals surface area contributed by atoms with E-state index >= 15 is 0 Å². The Morgan fingerprint density at radius 3 is 2.71 bits per heavy atom. The Morgan fingerprint density at radius 2 is 2.14 bits per heavy atom. The summed E-state index contributed by atoms with van der Waals surface area (Å²) in [5, 5.41) is 0.331. The number of halogens is 3. The number of rotatable bonds is 3. The molecule has 9 heteroatoms. The molecule has 1 heterocycles. The highest BCUT2D eigenvalue weighted by molar-refractivity contribution is 9.10. The molecule has 0 saturated carbocycles. The van der Waals surface area contributed by atoms with Crippen LogP contribution in [-0.2, 0) is 10.0 Å². The van der Waals surface area contributed by atoms with E-state index in [1.165, 1.54) is 17.5 Å². The average molecular weight is 420 g/mol. The molecule has 0 aliphatic carbocycles. The number of sulfonamides is 1. The van der Waals surface area contributed by atoms with Gasteiger partial charge in [-0.2, -0.15) is 4.31 Å². The fourth-order valence-electron chi connectivity index (χ4n) is 2.26. The molecule has 1 aromatic carbocycles. The maximum atomic E-state index is 12.7. The molecule has 2 rings (SSSR count). The Bertz CT molecular complexity index is 613. The van der Waals surface area contributed by atoms with Crippen molar-refractivity contribution in [2.45, 2.75) is 23.8 Å². The standard InChI is InChI=1S/C12H16BrClN2O3S.ClH/c1-19-12-10(13)5-8(14)6-11(12)20(17,18)16-4-2-3-9(15)7-16;/h5-6,9H,2-4,7,15H2,1H3;1H/t9-;/m0./s1. The van der Waals surface area contributed by atoms with E-state index in [4.69, 9.17) is 22.1 Å². The highest BCUT2D eigenvalue weighted by atomic mass is 79.9. The zero-order valence-corrected chi connectivity index (χ0v) is 15.4. The van der Waals surface area contributed by atoms with Crippen LogP contribution in [0.4, 0.5) is 0 Å². The molecule has 120 valence electrons. The van der Waals surface area contributed by atoms with E-state index < -0.39 is 10.0 Å². The van der Waals surface area contributed by atoms with Crippen molar-refractivity contribution >= 4 is 50.0 Å². The Labute approximate surface area is 144 Å². The van der Waals surface area contributed by atoms with E-state index in [-0.39, 0.29) is 29.1 Å². The minimum Gasteiger partial charge on any atom is -0.494 e. The maximum Gasteiger partial charge on any atom is 0.246 e. The van der Waals surface area contributed by atoms with Crippen molar-refractivity contribution in [3.05, 3.63) is 21.6 Å². The molecular formula is C12H17BrCl2N2O3S. The minimum absolute atomic E-state index is 0. The second-order valence-corrected chi connectivity index (χ2v) is 7.88. The number of ether oxygens (including phenoxy) is 1. The molecule has 0 radical (unpaired) electrons. The molecule has 0 spiro atoms. The molecule has 1 fully saturated rings. The fourth-order valence-corrected chi connectivity index (χ4v) is 5.16. The molecule has 21 heavy (non-hydrogen) atoms. The van der Waals surface area contributed by atoms with E-state index in [0.717, 1.165) is 12.8 Å². The van der Waals surface area contributed by atoms with Crippen molar-refractivity contribution in [3.8, 4) is 5.75 Å². The van der Waals surface area contributed by atoms with Gasteiger partial charge in [-0.05, 0) is 40.9 Å². The van der Waals surface area contributed by atoms with Gasteiger partial charge in [-0.1, -0.05) is 11.6 Å². The number of nitrogens with zero attached hydrogens (tertiary/aromatic N) is 1. The van der Waals surface area contributed by atoms with Crippen molar-refractivity contribution in [1.82, 2.24) is 4.31 Å². The highest BCUT2D eigenvalue weighted by Crippen LogP contribution is 2.37. The van der Waals surface area contributed by atoms with Crippen LogP contribution in [0.15, 0.2) is 21.5 Å². The van der Waals surface area contributed by atoms with Crippen LogP contribution in [0.1, 0.15) is 12.8 Å². The summed E-state index contributed by atoms with van der Waals surface area (Å²) in [5.74, 6) is 0.258. The Hall–Kier alpha value is -0.0500. The summed E-state index contributed by atoms with van der Waals surface area (Å²) in [6, 6.07) is 2.87. The molecular weight excluding hydrogens is 403 g/mol. The van der Waals surface area contributed by atoms with Gasteiger partial charge in [-0.25, -0.2) is 8.42 Å². The average Bonchev–Trinajstić information content (AvgIpc) is 2.38. The van der Waals surface area contributed by atoms with Crippen LogP contribution in [0.2, 0.25) is 5.02 Å². The Morgan fingerprint density at radius 1 is 1.48 bits per heavy atom. The van der Waals surface area contributed by atoms with Crippen LogP contribution in [0.3, 0.4) is 0 Å². The lowest BCUT2D eigenvalue weighted by atomic mass is 10.1. The third kappa shape index (κ3) is 4.03. The second-order valence-electron chi connectivity index (χ2n) is 4.68. The molecule has 5 nitrogen and oxygen atoms in total. The zero-order chi connectivity index (χ0) is 14.9. The van der Waals surface area contributed by atoms with Gasteiger partial charge in [0, 0.05) is 24.2 Å². The SMILES string of the molecule is COc1c(Br)cc(Cl)cc1S(=O)(=O)N1CCC[C@H](N)C1.Cl. The molecule has 1 aliphatic heterocycles. The number of piperidine rings is 1. The summed E-state index contributed by atoms with van der Waals surface area (Å²) < 4.78 is 32.5. The van der Waals surface area contributed by atoms with Crippen LogP contribution < -0.4 is 10.5 Å². The van der Waals surface area contributed by atoms with E-state index in [1.54, 1.807) is 6.07 Å². The Kier molecular flexibility index (Phi) is 6.77. The highest BCUT2D eigenvalue weighted by Gasteiger charge is 2.32. The van der Waals surface area contributed by atoms with Gasteiger partial charge in [-0.15, -0.1) is 12.4 Å². The van der Waals surface area contributed by atoms with Crippen LogP contribution >= 0.6 is 39.9 Å². The number of methoxy groups -OCH3 is 1. The van der Waals surface area contributed by atoms with E-state index in [9.17, 15) is 8.42 Å². The lowest BCUT2D eigenvalue weighted by molar-refractivity contribution is 0.314. The van der Waals surface area contributed by atoms with E-state index in [0.29, 0.717) is 22.6 Å².